The van der Waals surface area contributed by atoms with E-state index >= 15 is 0 Å². The molecule has 8 heteroatoms. The Bertz CT molecular complexity index is 1700. The molecule has 8 nitrogen and oxygen atoms in total. The van der Waals surface area contributed by atoms with Gasteiger partial charge in [-0.15, -0.1) is 0 Å². The van der Waals surface area contributed by atoms with Gasteiger partial charge in [0, 0.05) is 47.3 Å². The van der Waals surface area contributed by atoms with E-state index in [4.69, 9.17) is 0 Å². The summed E-state index contributed by atoms with van der Waals surface area (Å²) in [6.07, 6.45) is 5.93. The molecule has 182 valence electrons. The molecule has 3 aliphatic rings. The molecule has 0 bridgehead atoms. The lowest BCUT2D eigenvalue weighted by Crippen LogP contribution is -2.34. The zero-order chi connectivity index (χ0) is 25.5. The van der Waals surface area contributed by atoms with Gasteiger partial charge in [-0.1, -0.05) is 18.2 Å². The lowest BCUT2D eigenvalue weighted by atomic mass is 9.79. The summed E-state index contributed by atoms with van der Waals surface area (Å²) in [5.41, 5.74) is 5.23. The highest BCUT2D eigenvalue weighted by molar-refractivity contribution is 6.10. The summed E-state index contributed by atoms with van der Waals surface area (Å²) in [5, 5.41) is 12.2. The van der Waals surface area contributed by atoms with E-state index in [1.165, 1.54) is 24.3 Å². The van der Waals surface area contributed by atoms with Crippen LogP contribution in [0.2, 0.25) is 0 Å². The molecule has 37 heavy (non-hydrogen) atoms. The number of pyridine rings is 1. The molecular weight excluding hydrogens is 468 g/mol. The Morgan fingerprint density at radius 1 is 1.08 bits per heavy atom. The first kappa shape index (κ1) is 21.6. The number of carbonyl (C=O) groups excluding carboxylic acids is 3. The predicted octanol–water partition coefficient (Wildman–Crippen LogP) is 4.09. The number of rotatable bonds is 3. The van der Waals surface area contributed by atoms with Gasteiger partial charge in [-0.3, -0.25) is 14.4 Å². The van der Waals surface area contributed by atoms with Gasteiger partial charge in [0.2, 0.25) is 0 Å². The molecule has 0 radical (unpaired) electrons. The van der Waals surface area contributed by atoms with Crippen LogP contribution in [-0.2, 0) is 5.41 Å². The molecule has 2 aromatic heterocycles. The monoisotopic (exact) mass is 490 g/mol. The molecule has 7 rings (SSSR count). The fourth-order valence-electron chi connectivity index (χ4n) is 6.05. The molecule has 3 heterocycles. The van der Waals surface area contributed by atoms with Crippen molar-refractivity contribution in [2.45, 2.75) is 18.8 Å². The number of nitrogens with one attached hydrogen (secondary N) is 1. The van der Waals surface area contributed by atoms with Gasteiger partial charge < -0.3 is 19.7 Å². The molecule has 2 N–H and O–H groups in total. The number of piperidine rings is 1. The molecule has 1 saturated heterocycles. The van der Waals surface area contributed by atoms with E-state index in [1.807, 2.05) is 25.1 Å². The quantitative estimate of drug-likeness (QED) is 0.450. The number of anilines is 1. The molecule has 1 aliphatic heterocycles. The van der Waals surface area contributed by atoms with Crippen LogP contribution >= 0.6 is 0 Å². The molecule has 1 saturated carbocycles. The maximum absolute atomic E-state index is 13.6. The number of hydrogen-bond acceptors (Lipinski definition) is 5. The number of nitrogens with zero attached hydrogens (tertiary/aromatic N) is 3. The highest BCUT2D eigenvalue weighted by Crippen LogP contribution is 2.67. The van der Waals surface area contributed by atoms with Crippen molar-refractivity contribution < 1.29 is 19.5 Å². The van der Waals surface area contributed by atoms with Gasteiger partial charge in [-0.25, -0.2) is 4.98 Å². The van der Waals surface area contributed by atoms with Crippen LogP contribution in [0.4, 0.5) is 5.69 Å². The van der Waals surface area contributed by atoms with Crippen LogP contribution in [0.25, 0.3) is 5.65 Å². The van der Waals surface area contributed by atoms with Crippen molar-refractivity contribution in [1.29, 1.82) is 0 Å². The Labute approximate surface area is 211 Å². The maximum Gasteiger partial charge on any atom is 0.278 e. The molecule has 2 amide bonds. The van der Waals surface area contributed by atoms with Crippen molar-refractivity contribution >= 4 is 28.9 Å². The third kappa shape index (κ3) is 3.08. The minimum Gasteiger partial charge on any atom is -0.508 e. The largest absolute Gasteiger partial charge is 0.508 e. The number of benzene rings is 2. The summed E-state index contributed by atoms with van der Waals surface area (Å²) in [4.78, 5) is 45.4. The molecule has 0 unspecified atom stereocenters. The SMILES string of the molecule is Cc1cccc2c1[C@@]13C[C@@H]1CN(C(=O)c1cn4cc(NC(=O)c5ccc(O)cc5)ccc4n1)C3=CC2=O. The summed E-state index contributed by atoms with van der Waals surface area (Å²) >= 11 is 0. The van der Waals surface area contributed by atoms with Gasteiger partial charge in [-0.05, 0) is 66.8 Å². The topological polar surface area (TPSA) is 104 Å². The number of allylic oxidation sites excluding steroid dienone is 2. The fourth-order valence-corrected chi connectivity index (χ4v) is 6.05. The lowest BCUT2D eigenvalue weighted by molar-refractivity contribution is 0.0806. The van der Waals surface area contributed by atoms with Crippen molar-refractivity contribution in [1.82, 2.24) is 14.3 Å². The van der Waals surface area contributed by atoms with Crippen LogP contribution in [0, 0.1) is 12.8 Å². The fraction of sp³-hybridized carbons (Fsp3) is 0.172. The third-order valence-corrected chi connectivity index (χ3v) is 7.81. The first-order valence-corrected chi connectivity index (χ1v) is 12.1. The van der Waals surface area contributed by atoms with Crippen molar-refractivity contribution in [3.63, 3.8) is 0 Å². The zero-order valence-electron chi connectivity index (χ0n) is 19.9. The van der Waals surface area contributed by atoms with Crippen molar-refractivity contribution in [2.75, 3.05) is 11.9 Å². The van der Waals surface area contributed by atoms with E-state index in [9.17, 15) is 19.5 Å². The molecule has 2 fully saturated rings. The van der Waals surface area contributed by atoms with Gasteiger partial charge in [0.15, 0.2) is 5.78 Å². The van der Waals surface area contributed by atoms with E-state index in [0.29, 0.717) is 29.4 Å². The maximum atomic E-state index is 13.6. The summed E-state index contributed by atoms with van der Waals surface area (Å²) in [6, 6.07) is 15.3. The van der Waals surface area contributed by atoms with Gasteiger partial charge in [0.1, 0.15) is 17.1 Å². The van der Waals surface area contributed by atoms with Crippen molar-refractivity contribution in [3.8, 4) is 5.75 Å². The van der Waals surface area contributed by atoms with Crippen LogP contribution < -0.4 is 5.32 Å². The van der Waals surface area contributed by atoms with E-state index in [2.05, 4.69) is 10.3 Å². The Hall–Kier alpha value is -4.72. The first-order chi connectivity index (χ1) is 17.8. The van der Waals surface area contributed by atoms with Crippen LogP contribution in [0.1, 0.15) is 48.8 Å². The number of phenols is 1. The normalized spacial score (nSPS) is 21.2. The van der Waals surface area contributed by atoms with E-state index in [-0.39, 0.29) is 34.5 Å². The second-order valence-electron chi connectivity index (χ2n) is 9.99. The molecule has 4 aromatic rings. The Kier molecular flexibility index (Phi) is 4.31. The molecular formula is C29H22N4O4. The summed E-state index contributed by atoms with van der Waals surface area (Å²) in [7, 11) is 0. The number of hydrogen-bond donors (Lipinski definition) is 2. The number of aromatic nitrogens is 2. The van der Waals surface area contributed by atoms with Crippen LogP contribution in [0.5, 0.6) is 5.75 Å². The standard InChI is InChI=1S/C29H22N4O4/c1-16-3-2-4-21-23(35)11-24-29(26(16)21)12-18(29)13-33(24)28(37)22-15-32-14-19(7-10-25(32)31-22)30-27(36)17-5-8-20(34)9-6-17/h2-11,14-15,18,34H,12-13H2,1H3,(H,30,36)/t18-,29+/m1/s1. The van der Waals surface area contributed by atoms with E-state index < -0.39 is 0 Å². The van der Waals surface area contributed by atoms with Crippen molar-refractivity contribution in [2.24, 2.45) is 5.92 Å². The average molecular weight is 491 g/mol. The van der Waals surface area contributed by atoms with Crippen LogP contribution in [-0.4, -0.2) is 43.5 Å². The number of imidazole rings is 1. The predicted molar refractivity (Wildman–Crippen MR) is 136 cm³/mol. The van der Waals surface area contributed by atoms with Gasteiger partial charge in [-0.2, -0.15) is 0 Å². The number of aromatic hydroxyl groups is 1. The summed E-state index contributed by atoms with van der Waals surface area (Å²) in [5.74, 6) is -0.228. The van der Waals surface area contributed by atoms with Gasteiger partial charge >= 0.3 is 0 Å². The highest BCUT2D eigenvalue weighted by atomic mass is 16.3. The smallest absolute Gasteiger partial charge is 0.278 e. The third-order valence-electron chi connectivity index (χ3n) is 7.81. The molecule has 1 spiro atoms. The number of likely N-dealkylation sites (tertiary alicyclic amines) is 1. The molecule has 2 atom stereocenters. The van der Waals surface area contributed by atoms with Crippen LogP contribution in [0.15, 0.2) is 78.8 Å². The second-order valence-corrected chi connectivity index (χ2v) is 9.99. The lowest BCUT2D eigenvalue weighted by Gasteiger charge is -2.30. The number of ketones is 1. The Morgan fingerprint density at radius 3 is 2.70 bits per heavy atom. The Morgan fingerprint density at radius 2 is 1.89 bits per heavy atom. The second kappa shape index (κ2) is 7.39. The zero-order valence-corrected chi connectivity index (χ0v) is 19.9. The van der Waals surface area contributed by atoms with Crippen LogP contribution in [0.3, 0.4) is 0 Å². The number of phenolic OH excluding ortho intramolecular Hbond substituents is 1. The summed E-state index contributed by atoms with van der Waals surface area (Å²) in [6.45, 7) is 2.59. The highest BCUT2D eigenvalue weighted by Gasteiger charge is 2.67. The number of aryl methyl sites for hydroxylation is 1. The minimum atomic E-state index is -0.318. The van der Waals surface area contributed by atoms with Crippen molar-refractivity contribution in [3.05, 3.63) is 107 Å². The number of fused-ring (bicyclic) bond motifs is 2. The average Bonchev–Trinajstić information content (AvgIpc) is 3.26. The Balaban J connectivity index is 1.17. The number of amides is 2. The van der Waals surface area contributed by atoms with Gasteiger partial charge in [0.05, 0.1) is 5.69 Å². The number of carbonyl (C=O) groups is 3. The first-order valence-electron chi connectivity index (χ1n) is 12.1. The van der Waals surface area contributed by atoms with Gasteiger partial charge in [0.25, 0.3) is 11.8 Å². The minimum absolute atomic E-state index is 0.0614. The van der Waals surface area contributed by atoms with E-state index in [1.54, 1.807) is 39.9 Å². The molecule has 2 aromatic carbocycles. The van der Waals surface area contributed by atoms with E-state index in [0.717, 1.165) is 28.8 Å². The molecule has 2 aliphatic carbocycles. The summed E-state index contributed by atoms with van der Waals surface area (Å²) < 4.78 is 1.70.